The number of furan rings is 1. The van der Waals surface area contributed by atoms with Gasteiger partial charge in [0.15, 0.2) is 0 Å². The molecule has 0 bridgehead atoms. The maximum atomic E-state index is 6.35. The van der Waals surface area contributed by atoms with Crippen molar-refractivity contribution in [1.82, 2.24) is 15.3 Å². The first-order valence-corrected chi connectivity index (χ1v) is 10.9. The zero-order valence-corrected chi connectivity index (χ0v) is 18.0. The van der Waals surface area contributed by atoms with Gasteiger partial charge < -0.3 is 14.5 Å². The van der Waals surface area contributed by atoms with Crippen LogP contribution in [0.4, 0.5) is 0 Å². The van der Waals surface area contributed by atoms with E-state index in [9.17, 15) is 0 Å². The van der Waals surface area contributed by atoms with E-state index in [-0.39, 0.29) is 0 Å². The fraction of sp³-hybridized carbons (Fsp3) is 0.308. The molecule has 4 aromatic rings. The lowest BCUT2D eigenvalue weighted by atomic mass is 9.87. The average Bonchev–Trinajstić information content (AvgIpc) is 3.20. The summed E-state index contributed by atoms with van der Waals surface area (Å²) in [6.07, 6.45) is 4.89. The van der Waals surface area contributed by atoms with E-state index < -0.39 is 0 Å². The van der Waals surface area contributed by atoms with Crippen LogP contribution in [0.3, 0.4) is 0 Å². The number of aromatic nitrogens is 2. The van der Waals surface area contributed by atoms with Crippen LogP contribution < -0.4 is 10.1 Å². The van der Waals surface area contributed by atoms with Crippen molar-refractivity contribution in [1.29, 1.82) is 0 Å². The van der Waals surface area contributed by atoms with Crippen LogP contribution in [0.15, 0.2) is 65.3 Å². The van der Waals surface area contributed by atoms with Gasteiger partial charge in [-0.15, -0.1) is 0 Å². The molecule has 1 aliphatic heterocycles. The highest BCUT2D eigenvalue weighted by molar-refractivity contribution is 6.01. The summed E-state index contributed by atoms with van der Waals surface area (Å²) < 4.78 is 11.7. The average molecular weight is 414 g/mol. The highest BCUT2D eigenvalue weighted by Gasteiger charge is 2.25. The first kappa shape index (κ1) is 19.8. The van der Waals surface area contributed by atoms with Crippen molar-refractivity contribution in [3.63, 3.8) is 0 Å². The third-order valence-electron chi connectivity index (χ3n) is 6.20. The lowest BCUT2D eigenvalue weighted by molar-refractivity contribution is 0.313. The van der Waals surface area contributed by atoms with E-state index in [0.29, 0.717) is 17.7 Å². The summed E-state index contributed by atoms with van der Waals surface area (Å²) in [6, 6.07) is 18.9. The van der Waals surface area contributed by atoms with Crippen molar-refractivity contribution >= 4 is 11.1 Å². The van der Waals surface area contributed by atoms with Crippen molar-refractivity contribution in [2.75, 3.05) is 13.7 Å². The Morgan fingerprint density at radius 2 is 1.84 bits per heavy atom. The van der Waals surface area contributed by atoms with Gasteiger partial charge in [-0.05, 0) is 56.3 Å². The molecule has 0 radical (unpaired) electrons. The highest BCUT2D eigenvalue weighted by atomic mass is 16.5. The van der Waals surface area contributed by atoms with E-state index in [2.05, 4.69) is 41.5 Å². The van der Waals surface area contributed by atoms with Gasteiger partial charge in [-0.3, -0.25) is 0 Å². The van der Waals surface area contributed by atoms with E-state index in [0.717, 1.165) is 65.1 Å². The van der Waals surface area contributed by atoms with E-state index >= 15 is 0 Å². The maximum Gasteiger partial charge on any atom is 0.230 e. The lowest BCUT2D eigenvalue weighted by Gasteiger charge is -2.27. The van der Waals surface area contributed by atoms with Gasteiger partial charge in [0.2, 0.25) is 5.71 Å². The van der Waals surface area contributed by atoms with Gasteiger partial charge in [-0.1, -0.05) is 42.5 Å². The quantitative estimate of drug-likeness (QED) is 0.468. The zero-order valence-electron chi connectivity index (χ0n) is 18.0. The molecule has 0 saturated carbocycles. The van der Waals surface area contributed by atoms with Crippen LogP contribution >= 0.6 is 0 Å². The summed E-state index contributed by atoms with van der Waals surface area (Å²) in [5.74, 6) is 2.27. The molecule has 1 aliphatic rings. The van der Waals surface area contributed by atoms with E-state index in [1.165, 1.54) is 0 Å². The van der Waals surface area contributed by atoms with Crippen molar-refractivity contribution in [3.05, 3.63) is 66.6 Å². The number of rotatable bonds is 5. The number of piperidine rings is 1. The molecule has 2 aromatic heterocycles. The summed E-state index contributed by atoms with van der Waals surface area (Å²) in [5, 5.41) is 4.57. The van der Waals surface area contributed by atoms with Crippen LogP contribution in [0.25, 0.3) is 33.6 Å². The van der Waals surface area contributed by atoms with Gasteiger partial charge in [0.25, 0.3) is 0 Å². The minimum absolute atomic E-state index is 0.543. The minimum Gasteiger partial charge on any atom is -0.497 e. The molecule has 0 spiro atoms. The van der Waals surface area contributed by atoms with Crippen molar-refractivity contribution in [3.8, 4) is 28.2 Å². The third-order valence-corrected chi connectivity index (χ3v) is 6.20. The molecule has 1 saturated heterocycles. The van der Waals surface area contributed by atoms with Crippen LogP contribution in [-0.2, 0) is 6.42 Å². The topological polar surface area (TPSA) is 60.2 Å². The van der Waals surface area contributed by atoms with Crippen LogP contribution in [0.1, 0.15) is 25.5 Å². The van der Waals surface area contributed by atoms with Crippen LogP contribution in [0.5, 0.6) is 5.75 Å². The largest absolute Gasteiger partial charge is 0.497 e. The number of benzene rings is 2. The first-order valence-electron chi connectivity index (χ1n) is 10.9. The van der Waals surface area contributed by atoms with E-state index in [1.807, 2.05) is 30.3 Å². The smallest absolute Gasteiger partial charge is 0.230 e. The summed E-state index contributed by atoms with van der Waals surface area (Å²) in [7, 11) is 1.68. The monoisotopic (exact) mass is 413 g/mol. The zero-order chi connectivity index (χ0) is 21.2. The van der Waals surface area contributed by atoms with E-state index in [1.54, 1.807) is 13.4 Å². The molecular formula is C26H27N3O2. The van der Waals surface area contributed by atoms with E-state index in [4.69, 9.17) is 14.1 Å². The van der Waals surface area contributed by atoms with Crippen LogP contribution in [0.2, 0.25) is 0 Å². The fourth-order valence-corrected chi connectivity index (χ4v) is 4.67. The molecular weight excluding hydrogens is 386 g/mol. The maximum absolute atomic E-state index is 6.35. The molecule has 1 fully saturated rings. The lowest BCUT2D eigenvalue weighted by Crippen LogP contribution is -2.36. The van der Waals surface area contributed by atoms with Gasteiger partial charge in [0, 0.05) is 17.2 Å². The number of fused-ring (bicyclic) bond motifs is 1. The molecule has 1 N–H and O–H groups in total. The number of methoxy groups -OCH3 is 1. The second-order valence-electron chi connectivity index (χ2n) is 8.35. The van der Waals surface area contributed by atoms with Gasteiger partial charge >= 0.3 is 0 Å². The summed E-state index contributed by atoms with van der Waals surface area (Å²) in [6.45, 7) is 3.32. The SMILES string of the molecule is COc1ccc(-c2c(-c3ccccc3)oc3ncnc(C[C@@H]4CCN[C@@H](C)C4)c23)cc1. The third kappa shape index (κ3) is 3.93. The Kier molecular flexibility index (Phi) is 5.43. The second kappa shape index (κ2) is 8.52. The molecule has 2 atom stereocenters. The predicted octanol–water partition coefficient (Wildman–Crippen LogP) is 5.50. The van der Waals surface area contributed by atoms with Crippen LogP contribution in [0, 0.1) is 5.92 Å². The first-order chi connectivity index (χ1) is 15.2. The molecule has 0 unspecified atom stereocenters. The number of hydrogen-bond acceptors (Lipinski definition) is 5. The van der Waals surface area contributed by atoms with Crippen LogP contribution in [-0.4, -0.2) is 29.7 Å². The molecule has 31 heavy (non-hydrogen) atoms. The van der Waals surface area contributed by atoms with Crippen molar-refractivity contribution in [2.24, 2.45) is 5.92 Å². The standard InChI is InChI=1S/C26H27N3O2/c1-17-14-18(12-13-27-17)15-22-24-23(19-8-10-21(30-2)11-9-19)25(20-6-4-3-5-7-20)31-26(24)29-16-28-22/h3-11,16-18,27H,12-15H2,1-2H3/t17-,18+/m0/s1. The molecule has 158 valence electrons. The molecule has 0 aliphatic carbocycles. The number of nitrogens with zero attached hydrogens (tertiary/aromatic N) is 2. The molecule has 5 rings (SSSR count). The van der Waals surface area contributed by atoms with Gasteiger partial charge in [-0.2, -0.15) is 0 Å². The Hall–Kier alpha value is -3.18. The molecule has 5 heteroatoms. The Bertz CT molecular complexity index is 1170. The summed E-state index contributed by atoms with van der Waals surface area (Å²) in [4.78, 5) is 9.24. The molecule has 5 nitrogen and oxygen atoms in total. The Balaban J connectivity index is 1.68. The van der Waals surface area contributed by atoms with Crippen molar-refractivity contribution in [2.45, 2.75) is 32.2 Å². The second-order valence-corrected chi connectivity index (χ2v) is 8.35. The summed E-state index contributed by atoms with van der Waals surface area (Å²) in [5.41, 5.74) is 4.89. The molecule has 2 aromatic carbocycles. The predicted molar refractivity (Wildman–Crippen MR) is 123 cm³/mol. The fourth-order valence-electron chi connectivity index (χ4n) is 4.67. The number of nitrogens with one attached hydrogen (secondary N) is 1. The molecule has 3 heterocycles. The van der Waals surface area contributed by atoms with Gasteiger partial charge in [0.1, 0.15) is 17.8 Å². The number of hydrogen-bond donors (Lipinski definition) is 1. The Morgan fingerprint density at radius 3 is 2.58 bits per heavy atom. The Morgan fingerprint density at radius 1 is 1.03 bits per heavy atom. The van der Waals surface area contributed by atoms with Gasteiger partial charge in [-0.25, -0.2) is 9.97 Å². The molecule has 0 amide bonds. The van der Waals surface area contributed by atoms with Gasteiger partial charge in [0.05, 0.1) is 18.2 Å². The highest BCUT2D eigenvalue weighted by Crippen LogP contribution is 2.42. The Labute approximate surface area is 182 Å². The summed E-state index contributed by atoms with van der Waals surface area (Å²) >= 11 is 0. The normalized spacial score (nSPS) is 18.9. The minimum atomic E-state index is 0.543. The van der Waals surface area contributed by atoms with Crippen molar-refractivity contribution < 1.29 is 9.15 Å². The number of ether oxygens (including phenoxy) is 1.